The predicted octanol–water partition coefficient (Wildman–Crippen LogP) is 1.01. The molecule has 0 spiro atoms. The summed E-state index contributed by atoms with van der Waals surface area (Å²) in [6, 6.07) is 6.08. The normalized spacial score (nSPS) is 11.1. The third-order valence-electron chi connectivity index (χ3n) is 2.46. The fraction of sp³-hybridized carbons (Fsp3) is 0.417. The number of benzene rings is 1. The molecule has 1 heterocycles. The number of hydrogen-bond acceptors (Lipinski definition) is 4. The molecule has 96 valence electrons. The quantitative estimate of drug-likeness (QED) is 0.809. The summed E-state index contributed by atoms with van der Waals surface area (Å²) < 4.78 is 8.61. The molecule has 0 aliphatic heterocycles. The van der Waals surface area contributed by atoms with Gasteiger partial charge in [-0.25, -0.2) is 0 Å². The second-order valence-electron chi connectivity index (χ2n) is 4.34. The van der Waals surface area contributed by atoms with Crippen LogP contribution in [-0.2, 0) is 4.79 Å². The molecular weight excluding hydrogens is 295 g/mol. The molecule has 0 unspecified atom stereocenters. The topological polar surface area (TPSA) is 66.9 Å². The molecular formula is C12H16N4OSe. The van der Waals surface area contributed by atoms with Crippen molar-refractivity contribution in [2.75, 3.05) is 11.9 Å². The number of hydrogen-bond donors (Lipinski definition) is 2. The van der Waals surface area contributed by atoms with Gasteiger partial charge in [-0.2, -0.15) is 0 Å². The van der Waals surface area contributed by atoms with E-state index in [1.54, 1.807) is 0 Å². The van der Waals surface area contributed by atoms with Gasteiger partial charge in [0.1, 0.15) is 0 Å². The molecule has 0 saturated heterocycles. The first-order valence-corrected chi connectivity index (χ1v) is 7.44. The summed E-state index contributed by atoms with van der Waals surface area (Å²) in [4.78, 5) is 11.8. The van der Waals surface area contributed by atoms with E-state index in [4.69, 9.17) is 0 Å². The number of carbonyl (C=O) groups excluding carboxylic acids is 1. The Balaban J connectivity index is 1.96. The minimum absolute atomic E-state index is 0.00569. The zero-order chi connectivity index (χ0) is 13.0. The summed E-state index contributed by atoms with van der Waals surface area (Å²) in [5, 5.41) is 6.11. The van der Waals surface area contributed by atoms with Gasteiger partial charge in [0, 0.05) is 0 Å². The molecule has 5 nitrogen and oxygen atoms in total. The molecule has 0 fully saturated rings. The Bertz CT molecular complexity index is 538. The van der Waals surface area contributed by atoms with E-state index in [1.807, 2.05) is 18.2 Å². The third kappa shape index (κ3) is 3.38. The average molecular weight is 311 g/mol. The van der Waals surface area contributed by atoms with Crippen molar-refractivity contribution < 1.29 is 4.79 Å². The van der Waals surface area contributed by atoms with E-state index in [9.17, 15) is 4.79 Å². The Morgan fingerprint density at radius 2 is 2.22 bits per heavy atom. The number of anilines is 1. The van der Waals surface area contributed by atoms with E-state index in [1.165, 1.54) is 0 Å². The van der Waals surface area contributed by atoms with Gasteiger partial charge in [0.2, 0.25) is 0 Å². The summed E-state index contributed by atoms with van der Waals surface area (Å²) in [6.45, 7) is 4.80. The van der Waals surface area contributed by atoms with Gasteiger partial charge in [-0.05, 0) is 0 Å². The Labute approximate surface area is 112 Å². The second kappa shape index (κ2) is 6.09. The molecule has 0 atom stereocenters. The Morgan fingerprint density at radius 1 is 1.39 bits per heavy atom. The van der Waals surface area contributed by atoms with Crippen molar-refractivity contribution in [3.05, 3.63) is 18.2 Å². The fourth-order valence-electron chi connectivity index (χ4n) is 1.59. The van der Waals surface area contributed by atoms with Crippen molar-refractivity contribution in [1.82, 2.24) is 13.3 Å². The molecule has 0 aliphatic carbocycles. The van der Waals surface area contributed by atoms with E-state index >= 15 is 0 Å². The second-order valence-corrected chi connectivity index (χ2v) is 5.45. The van der Waals surface area contributed by atoms with Crippen LogP contribution < -0.4 is 10.6 Å². The van der Waals surface area contributed by atoms with Crippen molar-refractivity contribution in [3.8, 4) is 0 Å². The first-order valence-electron chi connectivity index (χ1n) is 5.91. The minimum atomic E-state index is -0.0671. The molecule has 0 radical (unpaired) electrons. The molecule has 2 rings (SSSR count). The number of aromatic nitrogens is 2. The zero-order valence-corrected chi connectivity index (χ0v) is 12.1. The van der Waals surface area contributed by atoms with Gasteiger partial charge in [0.05, 0.1) is 0 Å². The number of nitrogens with zero attached hydrogens (tertiary/aromatic N) is 2. The Morgan fingerprint density at radius 3 is 3.00 bits per heavy atom. The zero-order valence-electron chi connectivity index (χ0n) is 10.4. The molecule has 6 heteroatoms. The molecule has 0 saturated carbocycles. The maximum atomic E-state index is 11.8. The summed E-state index contributed by atoms with van der Waals surface area (Å²) in [7, 11) is 0. The molecule has 1 aromatic carbocycles. The average Bonchev–Trinajstić information content (AvgIpc) is 2.77. The summed E-state index contributed by atoms with van der Waals surface area (Å²) in [5.74, 6) is 0.00569. The molecule has 0 aliphatic rings. The van der Waals surface area contributed by atoms with Crippen molar-refractivity contribution in [3.63, 3.8) is 0 Å². The van der Waals surface area contributed by atoms with Crippen LogP contribution in [0.4, 0.5) is 5.69 Å². The van der Waals surface area contributed by atoms with Crippen molar-refractivity contribution in [1.29, 1.82) is 0 Å². The molecule has 1 aromatic heterocycles. The van der Waals surface area contributed by atoms with E-state index in [-0.39, 0.29) is 20.9 Å². The van der Waals surface area contributed by atoms with Crippen molar-refractivity contribution in [2.45, 2.75) is 26.3 Å². The Kier molecular flexibility index (Phi) is 4.47. The van der Waals surface area contributed by atoms with Crippen LogP contribution in [0.15, 0.2) is 18.2 Å². The first-order chi connectivity index (χ1) is 8.66. The van der Waals surface area contributed by atoms with Crippen molar-refractivity contribution in [2.24, 2.45) is 0 Å². The number of rotatable bonds is 5. The van der Waals surface area contributed by atoms with Crippen molar-refractivity contribution >= 4 is 37.6 Å². The molecule has 18 heavy (non-hydrogen) atoms. The number of nitrogens with one attached hydrogen (secondary N) is 2. The van der Waals surface area contributed by atoms with Gasteiger partial charge in [-0.15, -0.1) is 0 Å². The van der Waals surface area contributed by atoms with Gasteiger partial charge in [0.25, 0.3) is 0 Å². The maximum absolute atomic E-state index is 11.8. The third-order valence-corrected chi connectivity index (χ3v) is 3.60. The van der Waals surface area contributed by atoms with Crippen LogP contribution in [0.25, 0.3) is 11.0 Å². The summed E-state index contributed by atoms with van der Waals surface area (Å²) in [5.41, 5.74) is 2.47. The number of amides is 1. The Hall–Kier alpha value is -1.23. The van der Waals surface area contributed by atoms with Crippen LogP contribution in [-0.4, -0.2) is 41.4 Å². The first kappa shape index (κ1) is 13.2. The summed E-state index contributed by atoms with van der Waals surface area (Å²) >= 11 is -0.0671. The fourth-order valence-corrected chi connectivity index (χ4v) is 2.75. The monoisotopic (exact) mass is 312 g/mol. The van der Waals surface area contributed by atoms with E-state index in [2.05, 4.69) is 32.4 Å². The van der Waals surface area contributed by atoms with Crippen LogP contribution in [0.1, 0.15) is 20.3 Å². The van der Waals surface area contributed by atoms with Crippen LogP contribution in [0.2, 0.25) is 0 Å². The number of carbonyl (C=O) groups is 1. The van der Waals surface area contributed by atoms with Gasteiger partial charge in [-0.3, -0.25) is 0 Å². The summed E-state index contributed by atoms with van der Waals surface area (Å²) in [6.07, 6.45) is 0.462. The van der Waals surface area contributed by atoms with Crippen LogP contribution in [0, 0.1) is 0 Å². The predicted molar refractivity (Wildman–Crippen MR) is 72.9 cm³/mol. The van der Waals surface area contributed by atoms with Gasteiger partial charge < -0.3 is 0 Å². The molecule has 0 bridgehead atoms. The molecule has 2 aromatic rings. The molecule has 1 amide bonds. The van der Waals surface area contributed by atoms with E-state index in [0.29, 0.717) is 19.0 Å². The number of fused-ring (bicyclic) bond motifs is 1. The van der Waals surface area contributed by atoms with Crippen LogP contribution >= 0.6 is 0 Å². The molecule has 2 N–H and O–H groups in total. The van der Waals surface area contributed by atoms with Gasteiger partial charge >= 0.3 is 112 Å². The van der Waals surface area contributed by atoms with E-state index < -0.39 is 0 Å². The SMILES string of the molecule is CC(C)NCCC(=O)Nc1cccc2n[se]nc12. The van der Waals surface area contributed by atoms with E-state index in [0.717, 1.165) is 16.7 Å². The van der Waals surface area contributed by atoms with Gasteiger partial charge in [-0.1, -0.05) is 0 Å². The van der Waals surface area contributed by atoms with Crippen LogP contribution in [0.5, 0.6) is 0 Å². The van der Waals surface area contributed by atoms with Gasteiger partial charge in [0.15, 0.2) is 0 Å². The standard InChI is InChI=1S/C12H16N4OSe/c1-8(2)13-7-6-11(17)14-9-4-3-5-10-12(9)16-18-15-10/h3-5,8,13H,6-7H2,1-2H3,(H,14,17). The van der Waals surface area contributed by atoms with Crippen LogP contribution in [0.3, 0.4) is 0 Å².